The van der Waals surface area contributed by atoms with Gasteiger partial charge in [0.1, 0.15) is 0 Å². The Morgan fingerprint density at radius 2 is 2.08 bits per heavy atom. The molecule has 1 nitrogen and oxygen atoms in total. The van der Waals surface area contributed by atoms with Gasteiger partial charge in [-0.05, 0) is 0 Å². The van der Waals surface area contributed by atoms with E-state index in [-0.39, 0.29) is 27.5 Å². The molecule has 1 N–H and O–H groups in total. The van der Waals surface area contributed by atoms with Gasteiger partial charge in [-0.15, -0.1) is 0 Å². The average Bonchev–Trinajstić information content (AvgIpc) is 2.19. The van der Waals surface area contributed by atoms with E-state index in [0.717, 1.165) is 5.56 Å². The summed E-state index contributed by atoms with van der Waals surface area (Å²) >= 11 is -0.0440. The van der Waals surface area contributed by atoms with Crippen molar-refractivity contribution in [1.29, 1.82) is 0 Å². The van der Waals surface area contributed by atoms with E-state index in [1.165, 1.54) is 20.9 Å². The minimum atomic E-state index is -0.0440. The van der Waals surface area contributed by atoms with E-state index in [0.29, 0.717) is 0 Å². The molecule has 0 aliphatic rings. The van der Waals surface area contributed by atoms with Crippen LogP contribution in [0, 0.1) is 0 Å². The minimum absolute atomic E-state index is 0.0440. The molecule has 0 aromatic heterocycles. The molecular formula is C11H16OTe. The monoisotopic (exact) mass is 294 g/mol. The SMILES string of the molecule is CCCC[Te]c1ccccc1CO. The van der Waals surface area contributed by atoms with Gasteiger partial charge in [-0.3, -0.25) is 0 Å². The molecule has 13 heavy (non-hydrogen) atoms. The number of aliphatic hydroxyl groups is 1. The van der Waals surface area contributed by atoms with Gasteiger partial charge in [-0.25, -0.2) is 0 Å². The van der Waals surface area contributed by atoms with Gasteiger partial charge in [0.15, 0.2) is 0 Å². The molecule has 0 bridgehead atoms. The summed E-state index contributed by atoms with van der Waals surface area (Å²) in [5.41, 5.74) is 1.14. The molecule has 0 aliphatic heterocycles. The average molecular weight is 292 g/mol. The fourth-order valence-corrected chi connectivity index (χ4v) is 4.37. The summed E-state index contributed by atoms with van der Waals surface area (Å²) in [6.07, 6.45) is 2.62. The van der Waals surface area contributed by atoms with Crippen LogP contribution in [0.1, 0.15) is 25.3 Å². The van der Waals surface area contributed by atoms with Gasteiger partial charge in [0.2, 0.25) is 0 Å². The molecule has 0 fully saturated rings. The maximum absolute atomic E-state index is 9.10. The van der Waals surface area contributed by atoms with Crippen LogP contribution in [0.25, 0.3) is 0 Å². The number of hydrogen-bond donors (Lipinski definition) is 1. The second kappa shape index (κ2) is 6.43. The van der Waals surface area contributed by atoms with E-state index in [1.54, 1.807) is 0 Å². The topological polar surface area (TPSA) is 20.2 Å². The summed E-state index contributed by atoms with van der Waals surface area (Å²) in [6, 6.07) is 8.28. The van der Waals surface area contributed by atoms with E-state index in [4.69, 9.17) is 5.11 Å². The zero-order chi connectivity index (χ0) is 9.52. The molecule has 0 saturated heterocycles. The maximum atomic E-state index is 9.10. The third-order valence-corrected chi connectivity index (χ3v) is 5.33. The van der Waals surface area contributed by atoms with Gasteiger partial charge in [-0.1, -0.05) is 0 Å². The van der Waals surface area contributed by atoms with E-state index >= 15 is 0 Å². The molecular weight excluding hydrogens is 276 g/mol. The third kappa shape index (κ3) is 3.68. The van der Waals surface area contributed by atoms with Gasteiger partial charge in [0, 0.05) is 0 Å². The molecule has 1 aromatic rings. The zero-order valence-electron chi connectivity index (χ0n) is 7.99. The molecule has 0 aliphatic carbocycles. The summed E-state index contributed by atoms with van der Waals surface area (Å²) in [6.45, 7) is 2.43. The molecule has 1 rings (SSSR count). The number of hydrogen-bond acceptors (Lipinski definition) is 1. The summed E-state index contributed by atoms with van der Waals surface area (Å²) in [7, 11) is 0. The number of benzene rings is 1. The Kier molecular flexibility index (Phi) is 5.46. The second-order valence-electron chi connectivity index (χ2n) is 2.97. The number of unbranched alkanes of at least 4 members (excludes halogenated alkanes) is 1. The Balaban J connectivity index is 2.54. The fourth-order valence-electron chi connectivity index (χ4n) is 1.10. The van der Waals surface area contributed by atoms with E-state index < -0.39 is 0 Å². The van der Waals surface area contributed by atoms with Crippen LogP contribution >= 0.6 is 0 Å². The molecule has 0 amide bonds. The molecule has 0 spiro atoms. The summed E-state index contributed by atoms with van der Waals surface area (Å²) in [5.74, 6) is 0. The molecule has 0 atom stereocenters. The molecule has 1 aromatic carbocycles. The van der Waals surface area contributed by atoms with Crippen molar-refractivity contribution >= 4 is 24.5 Å². The number of aliphatic hydroxyl groups excluding tert-OH is 1. The van der Waals surface area contributed by atoms with Crippen molar-refractivity contribution in [3.05, 3.63) is 29.8 Å². The first-order valence-electron chi connectivity index (χ1n) is 4.70. The van der Waals surface area contributed by atoms with Crippen LogP contribution in [0.15, 0.2) is 24.3 Å². The van der Waals surface area contributed by atoms with Crippen LogP contribution in [0.3, 0.4) is 0 Å². The molecule has 0 saturated carbocycles. The van der Waals surface area contributed by atoms with Crippen molar-refractivity contribution in [2.75, 3.05) is 0 Å². The number of rotatable bonds is 5. The molecule has 0 heterocycles. The Hall–Kier alpha value is -0.0304. The Labute approximate surface area is 90.3 Å². The van der Waals surface area contributed by atoms with Crippen LogP contribution in [-0.4, -0.2) is 26.0 Å². The molecule has 0 unspecified atom stereocenters. The third-order valence-electron chi connectivity index (χ3n) is 1.90. The van der Waals surface area contributed by atoms with Gasteiger partial charge in [0.05, 0.1) is 0 Å². The molecule has 72 valence electrons. The summed E-state index contributed by atoms with van der Waals surface area (Å²) < 4.78 is 2.79. The Morgan fingerprint density at radius 1 is 1.31 bits per heavy atom. The van der Waals surface area contributed by atoms with Crippen molar-refractivity contribution in [1.82, 2.24) is 0 Å². The first kappa shape index (κ1) is 11.0. The van der Waals surface area contributed by atoms with Crippen LogP contribution in [0.4, 0.5) is 0 Å². The first-order valence-corrected chi connectivity index (χ1v) is 7.51. The Morgan fingerprint density at radius 3 is 2.77 bits per heavy atom. The van der Waals surface area contributed by atoms with Crippen molar-refractivity contribution in [3.63, 3.8) is 0 Å². The summed E-state index contributed by atoms with van der Waals surface area (Å²) in [4.78, 5) is 0. The van der Waals surface area contributed by atoms with Gasteiger partial charge in [-0.2, -0.15) is 0 Å². The van der Waals surface area contributed by atoms with Crippen molar-refractivity contribution < 1.29 is 5.11 Å². The summed E-state index contributed by atoms with van der Waals surface area (Å²) in [5, 5.41) is 9.10. The predicted octanol–water partition coefficient (Wildman–Crippen LogP) is 1.73. The molecule has 0 radical (unpaired) electrons. The quantitative estimate of drug-likeness (QED) is 0.647. The van der Waals surface area contributed by atoms with E-state index in [2.05, 4.69) is 19.1 Å². The van der Waals surface area contributed by atoms with Gasteiger partial charge < -0.3 is 0 Å². The van der Waals surface area contributed by atoms with Crippen LogP contribution in [0.2, 0.25) is 4.47 Å². The standard InChI is InChI=1S/C11H16OTe/c1-2-3-8-13-11-7-5-4-6-10(11)9-12/h4-7,12H,2-3,8-9H2,1H3. The van der Waals surface area contributed by atoms with E-state index in [1.807, 2.05) is 12.1 Å². The van der Waals surface area contributed by atoms with Gasteiger partial charge >= 0.3 is 90.3 Å². The fraction of sp³-hybridized carbons (Fsp3) is 0.455. The second-order valence-corrected chi connectivity index (χ2v) is 6.21. The van der Waals surface area contributed by atoms with E-state index in [9.17, 15) is 0 Å². The molecule has 2 heteroatoms. The zero-order valence-corrected chi connectivity index (χ0v) is 10.3. The van der Waals surface area contributed by atoms with Crippen molar-refractivity contribution in [3.8, 4) is 0 Å². The van der Waals surface area contributed by atoms with Crippen molar-refractivity contribution in [2.45, 2.75) is 30.8 Å². The van der Waals surface area contributed by atoms with Crippen LogP contribution in [0.5, 0.6) is 0 Å². The van der Waals surface area contributed by atoms with Crippen molar-refractivity contribution in [2.24, 2.45) is 0 Å². The first-order chi connectivity index (χ1) is 6.38. The predicted molar refractivity (Wildman–Crippen MR) is 57.5 cm³/mol. The van der Waals surface area contributed by atoms with Gasteiger partial charge in [0.25, 0.3) is 0 Å². The Bertz CT molecular complexity index is 248. The normalized spacial score (nSPS) is 10.3. The van der Waals surface area contributed by atoms with Crippen LogP contribution in [-0.2, 0) is 6.61 Å². The van der Waals surface area contributed by atoms with Crippen LogP contribution < -0.4 is 3.61 Å².